The second-order valence-electron chi connectivity index (χ2n) is 17.8. The molecule has 0 radical (unpaired) electrons. The summed E-state index contributed by atoms with van der Waals surface area (Å²) >= 11 is 0. The van der Waals surface area contributed by atoms with Gasteiger partial charge in [0.05, 0.1) is 13.2 Å². The molecule has 0 fully saturated rings. The Hall–Kier alpha value is -0.800. The lowest BCUT2D eigenvalue weighted by Crippen LogP contribution is -2.41. The van der Waals surface area contributed by atoms with Crippen LogP contribution in [-0.2, 0) is 9.47 Å². The van der Waals surface area contributed by atoms with Crippen molar-refractivity contribution in [3.8, 4) is 0 Å². The average Bonchev–Trinajstić information content (AvgIpc) is 3.04. The van der Waals surface area contributed by atoms with Crippen LogP contribution in [-0.4, -0.2) is 24.1 Å². The molecule has 0 saturated heterocycles. The number of hydrogen-bond donors (Lipinski definition) is 1. The maximum Gasteiger partial charge on any atom is 0.192 e. The quantitative estimate of drug-likeness (QED) is 0.0565. The fraction of sp³-hybridized carbons (Fsp3) is 0.913. The maximum atomic E-state index is 11.4. The molecule has 0 amide bonds. The molecule has 0 saturated carbocycles. The molecular weight excluding hydrogens is 601 g/mol. The van der Waals surface area contributed by atoms with Crippen molar-refractivity contribution in [1.82, 2.24) is 0 Å². The van der Waals surface area contributed by atoms with Crippen LogP contribution in [0, 0.1) is 10.8 Å². The van der Waals surface area contributed by atoms with Crippen molar-refractivity contribution in [3.05, 3.63) is 23.0 Å². The highest BCUT2D eigenvalue weighted by atomic mass is 16.7. The van der Waals surface area contributed by atoms with E-state index in [9.17, 15) is 5.11 Å². The van der Waals surface area contributed by atoms with E-state index in [0.717, 1.165) is 24.0 Å². The first kappa shape index (κ1) is 46.2. The molecular formula is C46H88O3. The molecule has 1 rings (SSSR count). The smallest absolute Gasteiger partial charge is 0.192 e. The van der Waals surface area contributed by atoms with Crippen LogP contribution in [0.5, 0.6) is 0 Å². The van der Waals surface area contributed by atoms with E-state index in [4.69, 9.17) is 9.47 Å². The number of aliphatic hydroxyl groups excluding tert-OH is 1. The number of ether oxygens (including phenoxy) is 2. The van der Waals surface area contributed by atoms with Crippen LogP contribution in [0.3, 0.4) is 0 Å². The van der Waals surface area contributed by atoms with Crippen molar-refractivity contribution in [1.29, 1.82) is 0 Å². The highest BCUT2D eigenvalue weighted by molar-refractivity contribution is 5.42. The molecule has 0 unspecified atom stereocenters. The van der Waals surface area contributed by atoms with Gasteiger partial charge in [0.1, 0.15) is 5.76 Å². The van der Waals surface area contributed by atoms with E-state index < -0.39 is 5.79 Å². The molecule has 0 aromatic carbocycles. The van der Waals surface area contributed by atoms with Crippen molar-refractivity contribution in [2.24, 2.45) is 10.8 Å². The zero-order valence-electron chi connectivity index (χ0n) is 34.8. The van der Waals surface area contributed by atoms with E-state index in [2.05, 4.69) is 61.5 Å². The van der Waals surface area contributed by atoms with E-state index >= 15 is 0 Å². The second-order valence-corrected chi connectivity index (χ2v) is 17.8. The van der Waals surface area contributed by atoms with Crippen LogP contribution >= 0.6 is 0 Å². The molecule has 49 heavy (non-hydrogen) atoms. The van der Waals surface area contributed by atoms with Gasteiger partial charge in [-0.3, -0.25) is 0 Å². The van der Waals surface area contributed by atoms with Gasteiger partial charge in [-0.2, -0.15) is 0 Å². The van der Waals surface area contributed by atoms with Gasteiger partial charge < -0.3 is 14.6 Å². The Morgan fingerprint density at radius 2 is 0.755 bits per heavy atom. The molecule has 3 heteroatoms. The largest absolute Gasteiger partial charge is 0.508 e. The minimum Gasteiger partial charge on any atom is -0.508 e. The number of allylic oxidation sites excluding steroid dienone is 1. The monoisotopic (exact) mass is 689 g/mol. The van der Waals surface area contributed by atoms with E-state index in [1.807, 2.05) is 0 Å². The summed E-state index contributed by atoms with van der Waals surface area (Å²) in [5.41, 5.74) is 1.67. The lowest BCUT2D eigenvalue weighted by molar-refractivity contribution is -0.208. The molecule has 0 aromatic heterocycles. The van der Waals surface area contributed by atoms with Gasteiger partial charge in [-0.05, 0) is 35.3 Å². The first-order valence-electron chi connectivity index (χ1n) is 21.9. The van der Waals surface area contributed by atoms with E-state index in [1.165, 1.54) is 167 Å². The highest BCUT2D eigenvalue weighted by Gasteiger charge is 2.42. The molecule has 0 spiro atoms. The Labute approximate surface area is 308 Å². The topological polar surface area (TPSA) is 38.7 Å². The summed E-state index contributed by atoms with van der Waals surface area (Å²) in [6.07, 6.45) is 40.8. The Kier molecular flexibility index (Phi) is 26.2. The van der Waals surface area contributed by atoms with Crippen LogP contribution in [0.1, 0.15) is 242 Å². The maximum absolute atomic E-state index is 11.4. The molecule has 0 atom stereocenters. The molecule has 290 valence electrons. The molecule has 0 heterocycles. The Bertz CT molecular complexity index is 805. The van der Waals surface area contributed by atoms with Crippen molar-refractivity contribution < 1.29 is 14.6 Å². The lowest BCUT2D eigenvalue weighted by atomic mass is 9.72. The fourth-order valence-electron chi connectivity index (χ4n) is 7.33. The number of unbranched alkanes of at least 4 members (excludes halogenated alkanes) is 26. The number of hydrogen-bond acceptors (Lipinski definition) is 3. The molecule has 0 bridgehead atoms. The Morgan fingerprint density at radius 1 is 0.469 bits per heavy atom. The SMILES string of the molecule is CCCCCCCCCCCCCCCCOC1(OCCCCCCCCCCCCCCCC)C=C(C(C)(C)C)C(O)=C(C(C)(C)C)C1. The average molecular weight is 689 g/mol. The summed E-state index contributed by atoms with van der Waals surface area (Å²) in [6.45, 7) is 19.2. The van der Waals surface area contributed by atoms with Crippen LogP contribution in [0.2, 0.25) is 0 Å². The van der Waals surface area contributed by atoms with Gasteiger partial charge in [-0.25, -0.2) is 0 Å². The van der Waals surface area contributed by atoms with E-state index in [-0.39, 0.29) is 10.8 Å². The highest BCUT2D eigenvalue weighted by Crippen LogP contribution is 2.47. The third-order valence-corrected chi connectivity index (χ3v) is 10.7. The van der Waals surface area contributed by atoms with Gasteiger partial charge >= 0.3 is 0 Å². The standard InChI is InChI=1S/C46H88O3/c1-9-11-13-15-17-19-21-23-25-27-29-31-33-35-37-48-46(39-41(44(3,4)5)43(47)42(40-46)45(6,7)8)49-38-36-34-32-30-28-26-24-22-20-18-16-14-12-10-2/h39,47H,9-38,40H2,1-8H3. The first-order chi connectivity index (χ1) is 23.5. The molecule has 1 aliphatic carbocycles. The second kappa shape index (κ2) is 27.8. The zero-order chi connectivity index (χ0) is 36.3. The summed E-state index contributed by atoms with van der Waals surface area (Å²) in [6, 6.07) is 0. The van der Waals surface area contributed by atoms with Gasteiger partial charge in [0.25, 0.3) is 0 Å². The van der Waals surface area contributed by atoms with Crippen molar-refractivity contribution in [2.75, 3.05) is 13.2 Å². The predicted molar refractivity (Wildman–Crippen MR) is 217 cm³/mol. The summed E-state index contributed by atoms with van der Waals surface area (Å²) in [5, 5.41) is 11.4. The van der Waals surface area contributed by atoms with E-state index in [1.54, 1.807) is 0 Å². The van der Waals surface area contributed by atoms with Gasteiger partial charge in [0.15, 0.2) is 5.79 Å². The predicted octanol–water partition coefficient (Wildman–Crippen LogP) is 15.9. The van der Waals surface area contributed by atoms with Crippen LogP contribution in [0.4, 0.5) is 0 Å². The van der Waals surface area contributed by atoms with Crippen molar-refractivity contribution in [2.45, 2.75) is 247 Å². The van der Waals surface area contributed by atoms with Gasteiger partial charge in [-0.15, -0.1) is 0 Å². The third-order valence-electron chi connectivity index (χ3n) is 10.7. The molecule has 1 aliphatic rings. The Morgan fingerprint density at radius 3 is 1.02 bits per heavy atom. The first-order valence-corrected chi connectivity index (χ1v) is 21.9. The summed E-state index contributed by atoms with van der Waals surface area (Å²) in [7, 11) is 0. The normalized spacial score (nSPS) is 15.3. The molecule has 0 aromatic rings. The lowest BCUT2D eigenvalue weighted by Gasteiger charge is -2.42. The minimum absolute atomic E-state index is 0.156. The number of rotatable bonds is 32. The zero-order valence-corrected chi connectivity index (χ0v) is 34.8. The molecule has 3 nitrogen and oxygen atoms in total. The third kappa shape index (κ3) is 22.7. The van der Waals surface area contributed by atoms with Crippen LogP contribution in [0.25, 0.3) is 0 Å². The van der Waals surface area contributed by atoms with Crippen LogP contribution in [0.15, 0.2) is 23.0 Å². The minimum atomic E-state index is -0.787. The van der Waals surface area contributed by atoms with Crippen molar-refractivity contribution in [3.63, 3.8) is 0 Å². The summed E-state index contributed by atoms with van der Waals surface area (Å²) in [4.78, 5) is 0. The molecule has 1 N–H and O–H groups in total. The van der Waals surface area contributed by atoms with E-state index in [0.29, 0.717) is 25.4 Å². The summed E-state index contributed by atoms with van der Waals surface area (Å²) < 4.78 is 13.5. The van der Waals surface area contributed by atoms with Crippen LogP contribution < -0.4 is 0 Å². The fourth-order valence-corrected chi connectivity index (χ4v) is 7.33. The molecule has 0 aliphatic heterocycles. The van der Waals surface area contributed by atoms with Gasteiger partial charge in [-0.1, -0.05) is 222 Å². The van der Waals surface area contributed by atoms with Gasteiger partial charge in [0, 0.05) is 12.0 Å². The number of aliphatic hydroxyl groups is 1. The van der Waals surface area contributed by atoms with Gasteiger partial charge in [0.2, 0.25) is 0 Å². The summed E-state index contributed by atoms with van der Waals surface area (Å²) in [5.74, 6) is -0.333. The van der Waals surface area contributed by atoms with Crippen molar-refractivity contribution >= 4 is 0 Å². The Balaban J connectivity index is 2.48.